The van der Waals surface area contributed by atoms with Gasteiger partial charge in [-0.1, -0.05) is 13.3 Å². The summed E-state index contributed by atoms with van der Waals surface area (Å²) in [5.74, 6) is -0.218. The number of aromatic nitrogens is 1. The lowest BCUT2D eigenvalue weighted by atomic mass is 10.2. The third kappa shape index (κ3) is 6.44. The first-order valence-electron chi connectivity index (χ1n) is 8.43. The summed E-state index contributed by atoms with van der Waals surface area (Å²) in [6.45, 7) is 4.69. The van der Waals surface area contributed by atoms with Gasteiger partial charge in [-0.3, -0.25) is 10.2 Å². The van der Waals surface area contributed by atoms with Crippen LogP contribution in [0.5, 0.6) is 5.75 Å². The van der Waals surface area contributed by atoms with E-state index >= 15 is 0 Å². The zero-order valence-electron chi connectivity index (χ0n) is 14.8. The fourth-order valence-corrected chi connectivity index (χ4v) is 2.68. The van der Waals surface area contributed by atoms with Crippen LogP contribution in [0.3, 0.4) is 0 Å². The number of carbonyl (C=O) groups excluding carboxylic acids is 1. The predicted molar refractivity (Wildman–Crippen MR) is 100 cm³/mol. The number of unbranched alkanes of at least 4 members (excludes halogenated alkanes) is 1. The van der Waals surface area contributed by atoms with Crippen LogP contribution in [0.2, 0.25) is 0 Å². The first kappa shape index (κ1) is 19.8. The summed E-state index contributed by atoms with van der Waals surface area (Å²) in [6.07, 6.45) is 3.57. The van der Waals surface area contributed by atoms with E-state index in [0.29, 0.717) is 35.4 Å². The Bertz CT molecular complexity index is 749. The molecule has 0 saturated carbocycles. The van der Waals surface area contributed by atoms with Crippen molar-refractivity contribution in [3.8, 4) is 5.75 Å². The van der Waals surface area contributed by atoms with E-state index in [1.165, 1.54) is 23.5 Å². The highest BCUT2D eigenvalue weighted by Gasteiger charge is 2.08. The average Bonchev–Trinajstić information content (AvgIpc) is 3.04. The molecule has 2 aromatic rings. The summed E-state index contributed by atoms with van der Waals surface area (Å²) < 4.78 is 23.9. The van der Waals surface area contributed by atoms with Crippen LogP contribution in [0.4, 0.5) is 9.52 Å². The molecule has 1 aromatic carbocycles. The van der Waals surface area contributed by atoms with Gasteiger partial charge in [-0.25, -0.2) is 9.37 Å². The molecule has 0 bridgehead atoms. The highest BCUT2D eigenvalue weighted by atomic mass is 32.1. The van der Waals surface area contributed by atoms with Gasteiger partial charge in [-0.15, -0.1) is 11.3 Å². The van der Waals surface area contributed by atoms with Crippen LogP contribution >= 0.6 is 11.3 Å². The van der Waals surface area contributed by atoms with Crippen molar-refractivity contribution in [2.45, 2.75) is 33.1 Å². The molecule has 0 radical (unpaired) electrons. The molecule has 1 heterocycles. The zero-order chi connectivity index (χ0) is 18.8. The van der Waals surface area contributed by atoms with E-state index in [9.17, 15) is 9.18 Å². The van der Waals surface area contributed by atoms with Crippen LogP contribution in [0, 0.1) is 5.82 Å². The Hall–Kier alpha value is -2.48. The minimum atomic E-state index is -0.356. The molecule has 1 N–H and O–H groups in total. The molecule has 0 aliphatic heterocycles. The Morgan fingerprint density at radius 2 is 2.27 bits per heavy atom. The average molecular weight is 379 g/mol. The summed E-state index contributed by atoms with van der Waals surface area (Å²) in [4.78, 5) is 15.7. The number of halogens is 1. The minimum absolute atomic E-state index is 0.128. The lowest BCUT2D eigenvalue weighted by Gasteiger charge is -2.08. The van der Waals surface area contributed by atoms with Crippen LogP contribution in [-0.2, 0) is 16.0 Å². The second kappa shape index (κ2) is 10.5. The molecule has 2 rings (SSSR count). The second-order valence-corrected chi connectivity index (χ2v) is 6.24. The number of anilines is 1. The quantitative estimate of drug-likeness (QED) is 0.292. The molecular weight excluding hydrogens is 357 g/mol. The van der Waals surface area contributed by atoms with Crippen molar-refractivity contribution in [1.82, 2.24) is 4.98 Å². The van der Waals surface area contributed by atoms with Gasteiger partial charge in [0.1, 0.15) is 11.6 Å². The van der Waals surface area contributed by atoms with E-state index in [-0.39, 0.29) is 18.2 Å². The van der Waals surface area contributed by atoms with Gasteiger partial charge in [-0.05, 0) is 25.5 Å². The summed E-state index contributed by atoms with van der Waals surface area (Å²) in [5.41, 5.74) is 4.09. The fourth-order valence-electron chi connectivity index (χ4n) is 2.02. The van der Waals surface area contributed by atoms with Crippen molar-refractivity contribution in [3.63, 3.8) is 0 Å². The van der Waals surface area contributed by atoms with Gasteiger partial charge in [0.15, 0.2) is 0 Å². The van der Waals surface area contributed by atoms with Crippen molar-refractivity contribution in [3.05, 3.63) is 40.7 Å². The number of nitrogens with zero attached hydrogens (tertiary/aromatic N) is 2. The SMILES string of the molecule is CCCCOc1cc(F)ccc1C=NNc1nc(CC(=O)OCC)cs1. The molecule has 0 saturated heterocycles. The van der Waals surface area contributed by atoms with Gasteiger partial charge in [0.25, 0.3) is 0 Å². The van der Waals surface area contributed by atoms with Gasteiger partial charge < -0.3 is 9.47 Å². The Kier molecular flexibility index (Phi) is 8.01. The summed E-state index contributed by atoms with van der Waals surface area (Å²) in [6, 6.07) is 4.31. The van der Waals surface area contributed by atoms with Crippen LogP contribution in [0.1, 0.15) is 37.9 Å². The van der Waals surface area contributed by atoms with Gasteiger partial charge in [-0.2, -0.15) is 5.10 Å². The topological polar surface area (TPSA) is 72.8 Å². The Balaban J connectivity index is 1.95. The second-order valence-electron chi connectivity index (χ2n) is 5.38. The van der Waals surface area contributed by atoms with Gasteiger partial charge in [0, 0.05) is 17.0 Å². The maximum absolute atomic E-state index is 13.4. The van der Waals surface area contributed by atoms with Crippen molar-refractivity contribution in [2.24, 2.45) is 5.10 Å². The molecule has 6 nitrogen and oxygen atoms in total. The number of thiazole rings is 1. The lowest BCUT2D eigenvalue weighted by Crippen LogP contribution is -2.07. The Morgan fingerprint density at radius 3 is 3.04 bits per heavy atom. The number of carbonyl (C=O) groups is 1. The number of benzene rings is 1. The molecule has 8 heteroatoms. The number of nitrogens with one attached hydrogen (secondary N) is 1. The first-order valence-corrected chi connectivity index (χ1v) is 9.31. The van der Waals surface area contributed by atoms with E-state index in [1.807, 2.05) is 0 Å². The highest BCUT2D eigenvalue weighted by Crippen LogP contribution is 2.20. The number of hydrogen-bond donors (Lipinski definition) is 1. The highest BCUT2D eigenvalue weighted by molar-refractivity contribution is 7.13. The van der Waals surface area contributed by atoms with Crippen LogP contribution in [0.15, 0.2) is 28.7 Å². The molecular formula is C18H22FN3O3S. The maximum Gasteiger partial charge on any atom is 0.311 e. The van der Waals surface area contributed by atoms with E-state index < -0.39 is 0 Å². The predicted octanol–water partition coefficient (Wildman–Crippen LogP) is 4.01. The molecule has 0 aliphatic carbocycles. The molecule has 0 aliphatic rings. The molecule has 0 unspecified atom stereocenters. The van der Waals surface area contributed by atoms with E-state index in [1.54, 1.807) is 24.6 Å². The minimum Gasteiger partial charge on any atom is -0.493 e. The summed E-state index contributed by atoms with van der Waals surface area (Å²) in [5, 5.41) is 6.44. The zero-order valence-corrected chi connectivity index (χ0v) is 15.6. The molecule has 140 valence electrons. The lowest BCUT2D eigenvalue weighted by molar-refractivity contribution is -0.142. The Labute approximate surface area is 156 Å². The van der Waals surface area contributed by atoms with Crippen molar-refractivity contribution >= 4 is 28.7 Å². The van der Waals surface area contributed by atoms with Crippen molar-refractivity contribution in [2.75, 3.05) is 18.6 Å². The van der Waals surface area contributed by atoms with E-state index in [0.717, 1.165) is 12.8 Å². The van der Waals surface area contributed by atoms with Crippen LogP contribution in [0.25, 0.3) is 0 Å². The monoisotopic (exact) mass is 379 g/mol. The van der Waals surface area contributed by atoms with Crippen molar-refractivity contribution < 1.29 is 18.7 Å². The van der Waals surface area contributed by atoms with Crippen LogP contribution in [-0.4, -0.2) is 30.4 Å². The molecule has 26 heavy (non-hydrogen) atoms. The molecule has 1 aromatic heterocycles. The maximum atomic E-state index is 13.4. The van der Waals surface area contributed by atoms with Crippen LogP contribution < -0.4 is 10.2 Å². The molecule has 0 atom stereocenters. The summed E-state index contributed by atoms with van der Waals surface area (Å²) in [7, 11) is 0. The standard InChI is InChI=1S/C18H22FN3O3S/c1-3-5-8-25-16-9-14(19)7-6-13(16)11-20-22-18-21-15(12-26-18)10-17(23)24-4-2/h6-7,9,11-12H,3-5,8,10H2,1-2H3,(H,21,22). The largest absolute Gasteiger partial charge is 0.493 e. The molecule has 0 fully saturated rings. The third-order valence-electron chi connectivity index (χ3n) is 3.28. The normalized spacial score (nSPS) is 10.9. The Morgan fingerprint density at radius 1 is 1.42 bits per heavy atom. The van der Waals surface area contributed by atoms with Crippen molar-refractivity contribution in [1.29, 1.82) is 0 Å². The van der Waals surface area contributed by atoms with Gasteiger partial charge in [0.2, 0.25) is 5.13 Å². The van der Waals surface area contributed by atoms with E-state index in [4.69, 9.17) is 9.47 Å². The number of hydrazone groups is 1. The number of hydrogen-bond acceptors (Lipinski definition) is 7. The van der Waals surface area contributed by atoms with E-state index in [2.05, 4.69) is 22.4 Å². The smallest absolute Gasteiger partial charge is 0.311 e. The fraction of sp³-hybridized carbons (Fsp3) is 0.389. The number of esters is 1. The van der Waals surface area contributed by atoms with Gasteiger partial charge in [0.05, 0.1) is 31.5 Å². The number of ether oxygens (including phenoxy) is 2. The molecule has 0 spiro atoms. The first-order chi connectivity index (χ1) is 12.6. The van der Waals surface area contributed by atoms with Gasteiger partial charge >= 0.3 is 5.97 Å². The third-order valence-corrected chi connectivity index (χ3v) is 4.07. The number of rotatable bonds is 10. The summed E-state index contributed by atoms with van der Waals surface area (Å²) >= 11 is 1.33. The molecule has 0 amide bonds.